The summed E-state index contributed by atoms with van der Waals surface area (Å²) in [6.07, 6.45) is 0.337. The number of benzene rings is 2. The van der Waals surface area contributed by atoms with Gasteiger partial charge >= 0.3 is 0 Å². The first-order chi connectivity index (χ1) is 12.0. The molecule has 0 aliphatic rings. The SMILES string of the molecule is CNCc1ccc(CC(C)NCC(O)c2cccc(Cl)c2)cc1NC. The van der Waals surface area contributed by atoms with Crippen molar-refractivity contribution in [2.45, 2.75) is 32.0 Å². The average Bonchev–Trinajstić information content (AvgIpc) is 2.61. The molecule has 0 aromatic heterocycles. The van der Waals surface area contributed by atoms with E-state index in [1.54, 1.807) is 6.07 Å². The minimum Gasteiger partial charge on any atom is -0.388 e. The largest absolute Gasteiger partial charge is 0.388 e. The van der Waals surface area contributed by atoms with Gasteiger partial charge in [-0.2, -0.15) is 0 Å². The topological polar surface area (TPSA) is 56.3 Å². The maximum Gasteiger partial charge on any atom is 0.0914 e. The molecule has 2 aromatic rings. The third-order valence-electron chi connectivity index (χ3n) is 4.25. The van der Waals surface area contributed by atoms with Crippen LogP contribution in [0, 0.1) is 0 Å². The van der Waals surface area contributed by atoms with E-state index in [9.17, 15) is 5.11 Å². The minimum atomic E-state index is -0.563. The summed E-state index contributed by atoms with van der Waals surface area (Å²) in [7, 11) is 3.89. The van der Waals surface area contributed by atoms with Crippen molar-refractivity contribution in [2.24, 2.45) is 0 Å². The van der Waals surface area contributed by atoms with Crippen LogP contribution in [0.25, 0.3) is 0 Å². The van der Waals surface area contributed by atoms with Crippen molar-refractivity contribution in [3.63, 3.8) is 0 Å². The zero-order valence-electron chi connectivity index (χ0n) is 15.1. The number of nitrogens with one attached hydrogen (secondary N) is 3. The molecule has 0 saturated carbocycles. The van der Waals surface area contributed by atoms with Gasteiger partial charge in [0.25, 0.3) is 0 Å². The molecule has 0 bridgehead atoms. The summed E-state index contributed by atoms with van der Waals surface area (Å²) >= 11 is 5.98. The van der Waals surface area contributed by atoms with Gasteiger partial charge in [-0.15, -0.1) is 0 Å². The summed E-state index contributed by atoms with van der Waals surface area (Å²) in [6, 6.07) is 14.1. The molecule has 2 aromatic carbocycles. The number of anilines is 1. The Morgan fingerprint density at radius 3 is 2.60 bits per heavy atom. The van der Waals surface area contributed by atoms with Crippen molar-refractivity contribution < 1.29 is 5.11 Å². The first-order valence-corrected chi connectivity index (χ1v) is 9.02. The van der Waals surface area contributed by atoms with Crippen molar-refractivity contribution >= 4 is 17.3 Å². The van der Waals surface area contributed by atoms with Crippen molar-refractivity contribution in [1.82, 2.24) is 10.6 Å². The number of hydrogen-bond acceptors (Lipinski definition) is 4. The Hall–Kier alpha value is -1.59. The molecule has 0 spiro atoms. The second-order valence-electron chi connectivity index (χ2n) is 6.36. The van der Waals surface area contributed by atoms with Crippen LogP contribution in [0.5, 0.6) is 0 Å². The monoisotopic (exact) mass is 361 g/mol. The molecular weight excluding hydrogens is 334 g/mol. The first-order valence-electron chi connectivity index (χ1n) is 8.64. The fourth-order valence-corrected chi connectivity index (χ4v) is 3.10. The maximum atomic E-state index is 10.3. The molecule has 136 valence electrons. The van der Waals surface area contributed by atoms with Gasteiger partial charge in [-0.05, 0) is 55.3 Å². The van der Waals surface area contributed by atoms with E-state index in [0.717, 1.165) is 24.2 Å². The number of rotatable bonds is 9. The molecule has 2 rings (SSSR count). The highest BCUT2D eigenvalue weighted by molar-refractivity contribution is 6.30. The highest BCUT2D eigenvalue weighted by Crippen LogP contribution is 2.19. The van der Waals surface area contributed by atoms with E-state index in [1.807, 2.05) is 32.3 Å². The Labute approximate surface area is 155 Å². The standard InChI is InChI=1S/C20H28ClN3O/c1-14(24-13-20(25)16-5-4-6-18(21)11-16)9-15-7-8-17(12-22-2)19(10-15)23-3/h4-8,10-11,14,20,22-25H,9,12-13H2,1-3H3. The zero-order valence-corrected chi connectivity index (χ0v) is 15.9. The normalized spacial score (nSPS) is 13.5. The molecule has 5 heteroatoms. The van der Waals surface area contributed by atoms with Gasteiger partial charge in [0.2, 0.25) is 0 Å². The highest BCUT2D eigenvalue weighted by Gasteiger charge is 2.11. The lowest BCUT2D eigenvalue weighted by atomic mass is 10.0. The second-order valence-corrected chi connectivity index (χ2v) is 6.79. The molecule has 0 amide bonds. The van der Waals surface area contributed by atoms with Crippen LogP contribution in [-0.2, 0) is 13.0 Å². The summed E-state index contributed by atoms with van der Waals surface area (Å²) < 4.78 is 0. The summed E-state index contributed by atoms with van der Waals surface area (Å²) in [5, 5.41) is 20.8. The fourth-order valence-electron chi connectivity index (χ4n) is 2.90. The van der Waals surface area contributed by atoms with E-state index in [0.29, 0.717) is 11.6 Å². The fraction of sp³-hybridized carbons (Fsp3) is 0.400. The molecule has 4 nitrogen and oxygen atoms in total. The minimum absolute atomic E-state index is 0.258. The third kappa shape index (κ3) is 6.01. The molecule has 4 N–H and O–H groups in total. The van der Waals surface area contributed by atoms with E-state index in [4.69, 9.17) is 11.6 Å². The number of halogens is 1. The third-order valence-corrected chi connectivity index (χ3v) is 4.48. The number of aliphatic hydroxyl groups is 1. The first kappa shape index (κ1) is 19.7. The smallest absolute Gasteiger partial charge is 0.0914 e. The van der Waals surface area contributed by atoms with Crippen LogP contribution in [0.3, 0.4) is 0 Å². The molecule has 0 aliphatic heterocycles. The lowest BCUT2D eigenvalue weighted by molar-refractivity contribution is 0.170. The molecule has 0 fully saturated rings. The van der Waals surface area contributed by atoms with Gasteiger partial charge in [0.05, 0.1) is 6.10 Å². The predicted octanol–water partition coefficient (Wildman–Crippen LogP) is 3.36. The molecule has 2 atom stereocenters. The molecule has 0 aliphatic carbocycles. The van der Waals surface area contributed by atoms with Crippen LogP contribution in [0.2, 0.25) is 5.02 Å². The van der Waals surface area contributed by atoms with E-state index in [-0.39, 0.29) is 6.04 Å². The zero-order chi connectivity index (χ0) is 18.2. The van der Waals surface area contributed by atoms with Crippen LogP contribution in [0.15, 0.2) is 42.5 Å². The van der Waals surface area contributed by atoms with Gasteiger partial charge in [0.1, 0.15) is 0 Å². The number of hydrogen-bond donors (Lipinski definition) is 4. The van der Waals surface area contributed by atoms with Crippen LogP contribution < -0.4 is 16.0 Å². The van der Waals surface area contributed by atoms with Crippen molar-refractivity contribution in [2.75, 3.05) is 26.0 Å². The molecule has 2 unspecified atom stereocenters. The molecular formula is C20H28ClN3O. The Bertz CT molecular complexity index is 678. The van der Waals surface area contributed by atoms with Gasteiger partial charge in [-0.25, -0.2) is 0 Å². The van der Waals surface area contributed by atoms with Gasteiger partial charge in [0, 0.05) is 36.9 Å². The Morgan fingerprint density at radius 2 is 1.92 bits per heavy atom. The maximum absolute atomic E-state index is 10.3. The molecule has 0 heterocycles. The number of aliphatic hydroxyl groups excluding tert-OH is 1. The van der Waals surface area contributed by atoms with Crippen LogP contribution in [0.4, 0.5) is 5.69 Å². The van der Waals surface area contributed by atoms with Crippen molar-refractivity contribution in [3.05, 3.63) is 64.2 Å². The van der Waals surface area contributed by atoms with E-state index in [2.05, 4.69) is 41.1 Å². The van der Waals surface area contributed by atoms with Crippen LogP contribution in [-0.4, -0.2) is 31.8 Å². The molecule has 0 radical (unpaired) electrons. The van der Waals surface area contributed by atoms with E-state index < -0.39 is 6.10 Å². The van der Waals surface area contributed by atoms with E-state index in [1.165, 1.54) is 11.1 Å². The van der Waals surface area contributed by atoms with Crippen molar-refractivity contribution in [1.29, 1.82) is 0 Å². The Kier molecular flexibility index (Phi) is 7.72. The summed E-state index contributed by atoms with van der Waals surface area (Å²) in [5.74, 6) is 0. The average molecular weight is 362 g/mol. The highest BCUT2D eigenvalue weighted by atomic mass is 35.5. The molecule has 25 heavy (non-hydrogen) atoms. The van der Waals surface area contributed by atoms with Gasteiger partial charge in [-0.3, -0.25) is 0 Å². The van der Waals surface area contributed by atoms with Gasteiger partial charge in [-0.1, -0.05) is 35.9 Å². The quantitative estimate of drug-likeness (QED) is 0.553. The summed E-state index contributed by atoms with van der Waals surface area (Å²) in [4.78, 5) is 0. The van der Waals surface area contributed by atoms with Gasteiger partial charge < -0.3 is 21.1 Å². The lowest BCUT2D eigenvalue weighted by Gasteiger charge is -2.19. The van der Waals surface area contributed by atoms with Crippen LogP contribution in [0.1, 0.15) is 29.7 Å². The Balaban J connectivity index is 1.90. The summed E-state index contributed by atoms with van der Waals surface area (Å²) in [6.45, 7) is 3.47. The Morgan fingerprint density at radius 1 is 1.12 bits per heavy atom. The second kappa shape index (κ2) is 9.78. The predicted molar refractivity (Wildman–Crippen MR) is 106 cm³/mol. The lowest BCUT2D eigenvalue weighted by Crippen LogP contribution is -2.32. The van der Waals surface area contributed by atoms with Gasteiger partial charge in [0.15, 0.2) is 0 Å². The van der Waals surface area contributed by atoms with E-state index >= 15 is 0 Å². The van der Waals surface area contributed by atoms with Crippen molar-refractivity contribution in [3.8, 4) is 0 Å². The molecule has 0 saturated heterocycles. The van der Waals surface area contributed by atoms with Crippen LogP contribution >= 0.6 is 11.6 Å². The summed E-state index contributed by atoms with van der Waals surface area (Å²) in [5.41, 5.74) is 4.51.